The molecule has 1 unspecified atom stereocenters. The van der Waals surface area contributed by atoms with Crippen molar-refractivity contribution in [3.8, 4) is 17.2 Å². The van der Waals surface area contributed by atoms with Crippen LogP contribution in [0.15, 0.2) is 66.7 Å². The van der Waals surface area contributed by atoms with Crippen LogP contribution in [0.5, 0.6) is 17.2 Å². The maximum absolute atomic E-state index is 11.2. The minimum absolute atomic E-state index is 0.127. The van der Waals surface area contributed by atoms with Crippen LogP contribution in [0, 0.1) is 0 Å². The second-order valence-electron chi connectivity index (χ2n) is 11.0. The van der Waals surface area contributed by atoms with E-state index >= 15 is 0 Å². The molecule has 0 heterocycles. The number of halogens is 1. The molecule has 3 rings (SSSR count). The van der Waals surface area contributed by atoms with E-state index in [-0.39, 0.29) is 16.7 Å². The number of phenols is 1. The Bertz CT molecular complexity index is 1140. The molecular formula is C31H37ClO3. The molecule has 1 N–H and O–H groups in total. The third-order valence-corrected chi connectivity index (χ3v) is 6.61. The molecule has 1 atom stereocenters. The van der Waals surface area contributed by atoms with Crippen molar-refractivity contribution in [1.29, 1.82) is 0 Å². The molecule has 0 bridgehead atoms. The van der Waals surface area contributed by atoms with Crippen LogP contribution in [0.25, 0.3) is 5.03 Å². The monoisotopic (exact) mass is 492 g/mol. The van der Waals surface area contributed by atoms with Crippen LogP contribution in [0.3, 0.4) is 0 Å². The summed E-state index contributed by atoms with van der Waals surface area (Å²) in [7, 11) is 3.31. The van der Waals surface area contributed by atoms with Gasteiger partial charge in [-0.1, -0.05) is 83.5 Å². The highest BCUT2D eigenvalue weighted by Crippen LogP contribution is 2.43. The van der Waals surface area contributed by atoms with Crippen LogP contribution in [-0.2, 0) is 10.8 Å². The third kappa shape index (κ3) is 6.21. The van der Waals surface area contributed by atoms with Gasteiger partial charge in [0.25, 0.3) is 0 Å². The van der Waals surface area contributed by atoms with Gasteiger partial charge in [0.2, 0.25) is 0 Å². The molecule has 0 aliphatic heterocycles. The third-order valence-electron chi connectivity index (χ3n) is 6.26. The average molecular weight is 493 g/mol. The Labute approximate surface area is 215 Å². The van der Waals surface area contributed by atoms with Gasteiger partial charge >= 0.3 is 0 Å². The fraction of sp³-hybridized carbons (Fsp3) is 0.355. The summed E-state index contributed by atoms with van der Waals surface area (Å²) in [6.07, 6.45) is 2.08. The Hall–Kier alpha value is -2.91. The van der Waals surface area contributed by atoms with Crippen molar-refractivity contribution in [3.05, 3.63) is 94.6 Å². The molecule has 0 aromatic heterocycles. The SMILES string of the molecule is COc1ccc(C(Cl)=CC(c2ccc(OC)cc2)c2cc(C(C)(C)C)c(O)c(C(C)(C)C)c2)cc1. The standard InChI is InChI=1S/C31H37ClO3/c1-30(2,3)26-17-22(18-27(29(26)33)31(4,5)6)25(20-9-13-23(34-7)14-10-20)19-28(32)21-11-15-24(35-8)16-12-21/h9-19,25,33H,1-8H3. The van der Waals surface area contributed by atoms with Crippen LogP contribution in [0.2, 0.25) is 0 Å². The maximum Gasteiger partial charge on any atom is 0.123 e. The van der Waals surface area contributed by atoms with E-state index in [0.29, 0.717) is 10.8 Å². The minimum atomic E-state index is -0.228. The fourth-order valence-electron chi connectivity index (χ4n) is 4.17. The number of aromatic hydroxyl groups is 1. The van der Waals surface area contributed by atoms with E-state index in [1.807, 2.05) is 36.4 Å². The van der Waals surface area contributed by atoms with Gasteiger partial charge in [0.05, 0.1) is 14.2 Å². The van der Waals surface area contributed by atoms with Crippen LogP contribution in [-0.4, -0.2) is 19.3 Å². The van der Waals surface area contributed by atoms with Gasteiger partial charge in [0, 0.05) is 11.0 Å². The highest BCUT2D eigenvalue weighted by molar-refractivity contribution is 6.48. The molecule has 3 aromatic carbocycles. The van der Waals surface area contributed by atoms with E-state index in [1.54, 1.807) is 14.2 Å². The zero-order valence-corrected chi connectivity index (χ0v) is 22.8. The molecule has 3 aromatic rings. The van der Waals surface area contributed by atoms with Crippen LogP contribution in [0.4, 0.5) is 0 Å². The summed E-state index contributed by atoms with van der Waals surface area (Å²) in [5, 5.41) is 11.9. The number of benzene rings is 3. The van der Waals surface area contributed by atoms with E-state index in [0.717, 1.165) is 39.3 Å². The zero-order chi connectivity index (χ0) is 26.0. The van der Waals surface area contributed by atoms with Gasteiger partial charge in [-0.15, -0.1) is 0 Å². The Morgan fingerprint density at radius 3 is 1.57 bits per heavy atom. The summed E-state index contributed by atoms with van der Waals surface area (Å²) in [6, 6.07) is 20.0. The van der Waals surface area contributed by atoms with Gasteiger partial charge in [-0.2, -0.15) is 0 Å². The lowest BCUT2D eigenvalue weighted by atomic mass is 9.76. The van der Waals surface area contributed by atoms with Crippen molar-refractivity contribution < 1.29 is 14.6 Å². The molecule has 0 spiro atoms. The largest absolute Gasteiger partial charge is 0.507 e. The second kappa shape index (κ2) is 10.4. The van der Waals surface area contributed by atoms with E-state index < -0.39 is 0 Å². The Balaban J connectivity index is 2.25. The van der Waals surface area contributed by atoms with Gasteiger partial charge in [-0.25, -0.2) is 0 Å². The molecule has 0 saturated carbocycles. The van der Waals surface area contributed by atoms with Gasteiger partial charge in [0.15, 0.2) is 0 Å². The van der Waals surface area contributed by atoms with Crippen molar-refractivity contribution in [2.45, 2.75) is 58.3 Å². The number of ether oxygens (including phenoxy) is 2. The van der Waals surface area contributed by atoms with Crippen LogP contribution < -0.4 is 9.47 Å². The number of allylic oxidation sites excluding steroid dienone is 1. The summed E-state index contributed by atoms with van der Waals surface area (Å²) >= 11 is 6.89. The lowest BCUT2D eigenvalue weighted by Crippen LogP contribution is -2.18. The van der Waals surface area contributed by atoms with Gasteiger partial charge < -0.3 is 14.6 Å². The summed E-state index contributed by atoms with van der Waals surface area (Å²) in [4.78, 5) is 0. The Kier molecular flexibility index (Phi) is 7.91. The average Bonchev–Trinajstić information content (AvgIpc) is 2.81. The first kappa shape index (κ1) is 26.7. The number of phenolic OH excluding ortho intramolecular Hbond substituents is 1. The summed E-state index contributed by atoms with van der Waals surface area (Å²) < 4.78 is 10.7. The zero-order valence-electron chi connectivity index (χ0n) is 22.1. The molecule has 0 aliphatic carbocycles. The van der Waals surface area contributed by atoms with E-state index in [4.69, 9.17) is 21.1 Å². The van der Waals surface area contributed by atoms with E-state index in [1.165, 1.54) is 0 Å². The summed E-state index contributed by atoms with van der Waals surface area (Å²) in [5.41, 5.74) is 4.47. The highest BCUT2D eigenvalue weighted by Gasteiger charge is 2.28. The number of hydrogen-bond acceptors (Lipinski definition) is 3. The first-order chi connectivity index (χ1) is 16.3. The van der Waals surface area contributed by atoms with Crippen molar-refractivity contribution in [1.82, 2.24) is 0 Å². The lowest BCUT2D eigenvalue weighted by Gasteiger charge is -2.29. The van der Waals surface area contributed by atoms with E-state index in [9.17, 15) is 5.11 Å². The smallest absolute Gasteiger partial charge is 0.123 e. The Morgan fingerprint density at radius 1 is 0.743 bits per heavy atom. The number of methoxy groups -OCH3 is 2. The molecule has 0 fully saturated rings. The predicted octanol–water partition coefficient (Wildman–Crippen LogP) is 8.42. The molecule has 4 heteroatoms. The topological polar surface area (TPSA) is 38.7 Å². The number of rotatable bonds is 6. The van der Waals surface area contributed by atoms with Gasteiger partial charge in [0.1, 0.15) is 17.2 Å². The van der Waals surface area contributed by atoms with Crippen molar-refractivity contribution in [2.75, 3.05) is 14.2 Å². The molecule has 186 valence electrons. The molecule has 0 saturated heterocycles. The van der Waals surface area contributed by atoms with Gasteiger partial charge in [-0.3, -0.25) is 0 Å². The molecular weight excluding hydrogens is 456 g/mol. The highest BCUT2D eigenvalue weighted by atomic mass is 35.5. The fourth-order valence-corrected chi connectivity index (χ4v) is 4.42. The molecule has 0 radical (unpaired) electrons. The normalized spacial score (nSPS) is 13.5. The Morgan fingerprint density at radius 2 is 1.17 bits per heavy atom. The first-order valence-corrected chi connectivity index (χ1v) is 12.3. The second-order valence-corrected chi connectivity index (χ2v) is 11.4. The molecule has 0 amide bonds. The number of hydrogen-bond donors (Lipinski definition) is 1. The predicted molar refractivity (Wildman–Crippen MR) is 147 cm³/mol. The minimum Gasteiger partial charge on any atom is -0.507 e. The van der Waals surface area contributed by atoms with Crippen LogP contribution >= 0.6 is 11.6 Å². The van der Waals surface area contributed by atoms with Crippen molar-refractivity contribution in [2.24, 2.45) is 0 Å². The summed E-state index contributed by atoms with van der Waals surface area (Å²) in [6.45, 7) is 12.8. The van der Waals surface area contributed by atoms with Crippen molar-refractivity contribution in [3.63, 3.8) is 0 Å². The quantitative estimate of drug-likeness (QED) is 0.375. The van der Waals surface area contributed by atoms with Crippen molar-refractivity contribution >= 4 is 16.6 Å². The van der Waals surface area contributed by atoms with E-state index in [2.05, 4.69) is 71.9 Å². The molecule has 35 heavy (non-hydrogen) atoms. The lowest BCUT2D eigenvalue weighted by molar-refractivity contribution is 0.414. The summed E-state index contributed by atoms with van der Waals surface area (Å²) in [5.74, 6) is 1.83. The maximum atomic E-state index is 11.2. The molecule has 3 nitrogen and oxygen atoms in total. The van der Waals surface area contributed by atoms with Crippen LogP contribution in [0.1, 0.15) is 75.3 Å². The first-order valence-electron chi connectivity index (χ1n) is 11.9. The van der Waals surface area contributed by atoms with Gasteiger partial charge in [-0.05, 0) is 75.0 Å². The molecule has 0 aliphatic rings.